The number of amides is 1. The van der Waals surface area contributed by atoms with Gasteiger partial charge in [-0.05, 0) is 42.3 Å². The van der Waals surface area contributed by atoms with Crippen molar-refractivity contribution in [2.45, 2.75) is 37.5 Å². The number of aromatic nitrogens is 4. The Bertz CT molecular complexity index is 1390. The van der Waals surface area contributed by atoms with Gasteiger partial charge in [0.25, 0.3) is 5.91 Å². The molecule has 2 saturated heterocycles. The number of pyridine rings is 1. The maximum atomic E-state index is 13.7. The fraction of sp³-hybridized carbons (Fsp3) is 0.462. The highest BCUT2D eigenvalue weighted by molar-refractivity contribution is 6.10. The molecule has 0 bridgehead atoms. The van der Waals surface area contributed by atoms with E-state index in [1.165, 1.54) is 17.0 Å². The van der Waals surface area contributed by atoms with Crippen LogP contribution in [0.1, 0.15) is 39.8 Å². The number of hydrogen-bond acceptors (Lipinski definition) is 7. The van der Waals surface area contributed by atoms with E-state index in [9.17, 15) is 18.0 Å². The van der Waals surface area contributed by atoms with Gasteiger partial charge in [0.2, 0.25) is 0 Å². The maximum Gasteiger partial charge on any atom is 0.416 e. The van der Waals surface area contributed by atoms with Crippen LogP contribution in [0.25, 0.3) is 0 Å². The third-order valence-corrected chi connectivity index (χ3v) is 7.68. The number of ether oxygens (including phenoxy) is 2. The molecule has 9 nitrogen and oxygen atoms in total. The Morgan fingerprint density at radius 3 is 2.61 bits per heavy atom. The zero-order chi connectivity index (χ0) is 26.7. The summed E-state index contributed by atoms with van der Waals surface area (Å²) in [5.74, 6) is 1.25. The second-order valence-electron chi connectivity index (χ2n) is 10.2. The van der Waals surface area contributed by atoms with E-state index in [0.29, 0.717) is 51.0 Å². The molecule has 2 fully saturated rings. The topological polar surface area (TPSA) is 85.6 Å². The zero-order valence-electron chi connectivity index (χ0n) is 21.0. The average Bonchev–Trinajstić information content (AvgIpc) is 3.43. The van der Waals surface area contributed by atoms with Crippen molar-refractivity contribution >= 4 is 17.5 Å². The molecule has 12 heteroatoms. The number of carbonyl (C=O) groups excluding carboxylic acids is 1. The Balaban J connectivity index is 1.44. The van der Waals surface area contributed by atoms with Crippen LogP contribution in [0.2, 0.25) is 0 Å². The molecule has 3 aromatic rings. The number of aryl methyl sites for hydroxylation is 1. The molecule has 0 aliphatic carbocycles. The van der Waals surface area contributed by atoms with E-state index in [4.69, 9.17) is 14.5 Å². The van der Waals surface area contributed by atoms with Gasteiger partial charge in [-0.1, -0.05) is 6.07 Å². The molecule has 0 saturated carbocycles. The molecule has 6 rings (SSSR count). The first-order chi connectivity index (χ1) is 18.2. The van der Waals surface area contributed by atoms with Crippen molar-refractivity contribution in [3.05, 3.63) is 64.7 Å². The first kappa shape index (κ1) is 24.8. The molecular weight excluding hydrogens is 501 g/mol. The van der Waals surface area contributed by atoms with Crippen LogP contribution in [-0.4, -0.2) is 64.7 Å². The lowest BCUT2D eigenvalue weighted by Crippen LogP contribution is -2.49. The van der Waals surface area contributed by atoms with Crippen LogP contribution in [-0.2, 0) is 41.1 Å². The van der Waals surface area contributed by atoms with Crippen molar-refractivity contribution in [2.24, 2.45) is 7.05 Å². The van der Waals surface area contributed by atoms with E-state index < -0.39 is 23.1 Å². The lowest BCUT2D eigenvalue weighted by molar-refractivity contribution is -0.138. The van der Waals surface area contributed by atoms with Crippen molar-refractivity contribution in [1.82, 2.24) is 19.7 Å². The molecule has 1 atom stereocenters. The summed E-state index contributed by atoms with van der Waals surface area (Å²) in [6, 6.07) is 7.58. The Hall–Kier alpha value is -3.51. The van der Waals surface area contributed by atoms with E-state index in [1.54, 1.807) is 6.33 Å². The minimum atomic E-state index is -4.56. The molecule has 1 amide bonds. The Morgan fingerprint density at radius 2 is 1.95 bits per heavy atom. The van der Waals surface area contributed by atoms with Crippen molar-refractivity contribution in [3.63, 3.8) is 0 Å². The third-order valence-electron chi connectivity index (χ3n) is 7.68. The van der Waals surface area contributed by atoms with Crippen LogP contribution >= 0.6 is 0 Å². The average molecular weight is 529 g/mol. The lowest BCUT2D eigenvalue weighted by atomic mass is 9.75. The van der Waals surface area contributed by atoms with Crippen LogP contribution < -0.4 is 9.80 Å². The van der Waals surface area contributed by atoms with Crippen LogP contribution in [0.5, 0.6) is 0 Å². The Kier molecular flexibility index (Phi) is 5.91. The molecule has 3 aliphatic rings. The standard InChI is InChI=1S/C26H27F3N6O3/c1-16-12-37-7-6-34(16)21-8-17(25(13-38-14-25)10-23-32-30-15-33(23)2)9-22(31-21)35-11-19-18(24(35)36)4-3-5-20(19)26(27,28)29/h3-5,8-9,15-16H,6-7,10-14H2,1-2H3/t16-/m1/s1. The highest BCUT2D eigenvalue weighted by Crippen LogP contribution is 2.42. The van der Waals surface area contributed by atoms with Gasteiger partial charge in [-0.3, -0.25) is 9.69 Å². The Morgan fingerprint density at radius 1 is 1.16 bits per heavy atom. The normalized spacial score (nSPS) is 21.0. The summed E-state index contributed by atoms with van der Waals surface area (Å²) < 4.78 is 54.4. The molecule has 0 spiro atoms. The predicted molar refractivity (Wildman–Crippen MR) is 131 cm³/mol. The number of morpholine rings is 1. The van der Waals surface area contributed by atoms with Gasteiger partial charge in [0.05, 0.1) is 44.6 Å². The number of benzene rings is 1. The summed E-state index contributed by atoms with van der Waals surface area (Å²) in [6.45, 7) is 4.36. The monoisotopic (exact) mass is 528 g/mol. The number of hydrogen-bond donors (Lipinski definition) is 0. The van der Waals surface area contributed by atoms with Crippen molar-refractivity contribution in [1.29, 1.82) is 0 Å². The van der Waals surface area contributed by atoms with Crippen LogP contribution in [0.15, 0.2) is 36.7 Å². The molecule has 38 heavy (non-hydrogen) atoms. The number of fused-ring (bicyclic) bond motifs is 1. The molecule has 200 valence electrons. The summed E-state index contributed by atoms with van der Waals surface area (Å²) >= 11 is 0. The van der Waals surface area contributed by atoms with Crippen LogP contribution in [0.4, 0.5) is 24.8 Å². The minimum absolute atomic E-state index is 0.0285. The van der Waals surface area contributed by atoms with Gasteiger partial charge in [-0.25, -0.2) is 4.98 Å². The molecule has 5 heterocycles. The molecule has 1 aromatic carbocycles. The van der Waals surface area contributed by atoms with Crippen molar-refractivity contribution in [2.75, 3.05) is 42.8 Å². The van der Waals surface area contributed by atoms with E-state index >= 15 is 0 Å². The summed E-state index contributed by atoms with van der Waals surface area (Å²) in [6.07, 6.45) is -2.37. The number of alkyl halides is 3. The summed E-state index contributed by atoms with van der Waals surface area (Å²) in [7, 11) is 1.87. The first-order valence-electron chi connectivity index (χ1n) is 12.4. The molecule has 0 unspecified atom stereocenters. The molecule has 3 aliphatic heterocycles. The number of carbonyl (C=O) groups is 1. The SMILES string of the molecule is C[C@@H]1COCCN1c1cc(C2(Cc3nncn3C)COC2)cc(N2Cc3c(cccc3C(F)(F)F)C2=O)n1. The molecule has 0 radical (unpaired) electrons. The molecular formula is C26H27F3N6O3. The van der Waals surface area contributed by atoms with E-state index in [-0.39, 0.29) is 23.7 Å². The van der Waals surface area contributed by atoms with Gasteiger partial charge in [0.15, 0.2) is 0 Å². The second-order valence-corrected chi connectivity index (χ2v) is 10.2. The number of anilines is 2. The minimum Gasteiger partial charge on any atom is -0.379 e. The largest absolute Gasteiger partial charge is 0.416 e. The third kappa shape index (κ3) is 4.11. The quantitative estimate of drug-likeness (QED) is 0.503. The maximum absolute atomic E-state index is 13.7. The number of rotatable bonds is 5. The summed E-state index contributed by atoms with van der Waals surface area (Å²) in [5.41, 5.74) is -0.316. The van der Waals surface area contributed by atoms with E-state index in [1.807, 2.05) is 30.7 Å². The fourth-order valence-electron chi connectivity index (χ4n) is 5.43. The van der Waals surface area contributed by atoms with Gasteiger partial charge in [0, 0.05) is 31.0 Å². The Labute approximate surface area is 217 Å². The van der Waals surface area contributed by atoms with Gasteiger partial charge < -0.3 is 18.9 Å². The number of nitrogens with zero attached hydrogens (tertiary/aromatic N) is 6. The zero-order valence-corrected chi connectivity index (χ0v) is 21.0. The molecule has 2 aromatic heterocycles. The highest BCUT2D eigenvalue weighted by Gasteiger charge is 2.44. The molecule has 0 N–H and O–H groups in total. The lowest BCUT2D eigenvalue weighted by Gasteiger charge is -2.43. The van der Waals surface area contributed by atoms with Gasteiger partial charge in [-0.15, -0.1) is 10.2 Å². The fourth-order valence-corrected chi connectivity index (χ4v) is 5.43. The number of halogens is 3. The summed E-state index contributed by atoms with van der Waals surface area (Å²) in [4.78, 5) is 21.7. The van der Waals surface area contributed by atoms with E-state index in [2.05, 4.69) is 15.1 Å². The van der Waals surface area contributed by atoms with E-state index in [0.717, 1.165) is 17.5 Å². The van der Waals surface area contributed by atoms with Gasteiger partial charge in [0.1, 0.15) is 23.8 Å². The highest BCUT2D eigenvalue weighted by atomic mass is 19.4. The van der Waals surface area contributed by atoms with Crippen LogP contribution in [0, 0.1) is 0 Å². The predicted octanol–water partition coefficient (Wildman–Crippen LogP) is 3.13. The smallest absolute Gasteiger partial charge is 0.379 e. The van der Waals surface area contributed by atoms with Gasteiger partial charge >= 0.3 is 6.18 Å². The summed E-state index contributed by atoms with van der Waals surface area (Å²) in [5, 5.41) is 8.24. The van der Waals surface area contributed by atoms with Crippen molar-refractivity contribution in [3.8, 4) is 0 Å². The second kappa shape index (κ2) is 9.05. The van der Waals surface area contributed by atoms with Crippen LogP contribution in [0.3, 0.4) is 0 Å². The first-order valence-corrected chi connectivity index (χ1v) is 12.4. The van der Waals surface area contributed by atoms with Gasteiger partial charge in [-0.2, -0.15) is 13.2 Å². The van der Waals surface area contributed by atoms with Crippen molar-refractivity contribution < 1.29 is 27.4 Å².